The van der Waals surface area contributed by atoms with Crippen LogP contribution < -0.4 is 0 Å². The van der Waals surface area contributed by atoms with Gasteiger partial charge in [0.05, 0.1) is 6.07 Å². The Morgan fingerprint density at radius 2 is 1.94 bits per heavy atom. The summed E-state index contributed by atoms with van der Waals surface area (Å²) >= 11 is 0. The normalized spacial score (nSPS) is 14.7. The zero-order valence-corrected chi connectivity index (χ0v) is 11.2. The standard InChI is InChI=1S/C15H25N/c1-5-7-8-15(6-2)11-13(3)9-10-14(4)12-16/h9-10,15H,5-8,11H2,1-4H3/b13-9-,14-10+. The lowest BCUT2D eigenvalue weighted by Gasteiger charge is -2.14. The maximum atomic E-state index is 8.64. The van der Waals surface area contributed by atoms with Gasteiger partial charge in [-0.2, -0.15) is 5.26 Å². The van der Waals surface area contributed by atoms with Crippen LogP contribution in [0.5, 0.6) is 0 Å². The van der Waals surface area contributed by atoms with Crippen molar-refractivity contribution in [2.75, 3.05) is 0 Å². The molecule has 1 nitrogen and oxygen atoms in total. The topological polar surface area (TPSA) is 23.8 Å². The van der Waals surface area contributed by atoms with Crippen molar-refractivity contribution in [2.24, 2.45) is 5.92 Å². The molecule has 1 atom stereocenters. The maximum absolute atomic E-state index is 8.64. The molecule has 0 fully saturated rings. The number of hydrogen-bond acceptors (Lipinski definition) is 1. The van der Waals surface area contributed by atoms with E-state index in [9.17, 15) is 0 Å². The summed E-state index contributed by atoms with van der Waals surface area (Å²) in [5.74, 6) is 0.812. The van der Waals surface area contributed by atoms with Gasteiger partial charge in [0.25, 0.3) is 0 Å². The highest BCUT2D eigenvalue weighted by Gasteiger charge is 2.05. The van der Waals surface area contributed by atoms with Gasteiger partial charge in [-0.3, -0.25) is 0 Å². The molecule has 0 bridgehead atoms. The lowest BCUT2D eigenvalue weighted by atomic mass is 9.92. The first-order chi connectivity index (χ1) is 7.63. The van der Waals surface area contributed by atoms with Crippen molar-refractivity contribution in [1.82, 2.24) is 0 Å². The first-order valence-corrected chi connectivity index (χ1v) is 6.38. The fraction of sp³-hybridized carbons (Fsp3) is 0.667. The highest BCUT2D eigenvalue weighted by Crippen LogP contribution is 2.21. The molecule has 0 aromatic rings. The fourth-order valence-corrected chi connectivity index (χ4v) is 1.77. The molecule has 0 amide bonds. The zero-order valence-electron chi connectivity index (χ0n) is 11.2. The molecule has 0 spiro atoms. The number of rotatable bonds is 7. The fourth-order valence-electron chi connectivity index (χ4n) is 1.77. The Morgan fingerprint density at radius 1 is 1.25 bits per heavy atom. The van der Waals surface area contributed by atoms with Crippen LogP contribution in [0.1, 0.15) is 59.8 Å². The summed E-state index contributed by atoms with van der Waals surface area (Å²) in [7, 11) is 0. The Balaban J connectivity index is 4.19. The minimum atomic E-state index is 0.779. The maximum Gasteiger partial charge on any atom is 0.0944 e. The van der Waals surface area contributed by atoms with Gasteiger partial charge in [0, 0.05) is 5.57 Å². The van der Waals surface area contributed by atoms with E-state index >= 15 is 0 Å². The number of hydrogen-bond donors (Lipinski definition) is 0. The molecule has 0 aliphatic carbocycles. The molecule has 0 radical (unpaired) electrons. The van der Waals surface area contributed by atoms with E-state index in [1.54, 1.807) is 0 Å². The first-order valence-electron chi connectivity index (χ1n) is 6.38. The molecule has 0 heterocycles. The number of nitrogens with zero attached hydrogens (tertiary/aromatic N) is 1. The second kappa shape index (κ2) is 9.21. The van der Waals surface area contributed by atoms with Gasteiger partial charge in [0.1, 0.15) is 0 Å². The lowest BCUT2D eigenvalue weighted by Crippen LogP contribution is -1.99. The minimum absolute atomic E-state index is 0.779. The molecule has 16 heavy (non-hydrogen) atoms. The molecule has 0 aromatic heterocycles. The monoisotopic (exact) mass is 219 g/mol. The van der Waals surface area contributed by atoms with E-state index in [0.717, 1.165) is 11.5 Å². The van der Waals surface area contributed by atoms with E-state index in [0.29, 0.717) is 0 Å². The van der Waals surface area contributed by atoms with Crippen LogP contribution >= 0.6 is 0 Å². The second-order valence-corrected chi connectivity index (χ2v) is 4.60. The molecule has 0 rings (SSSR count). The van der Waals surface area contributed by atoms with Gasteiger partial charge in [-0.1, -0.05) is 51.2 Å². The molecule has 0 saturated carbocycles. The molecule has 0 saturated heterocycles. The van der Waals surface area contributed by atoms with Gasteiger partial charge in [-0.15, -0.1) is 0 Å². The van der Waals surface area contributed by atoms with Crippen LogP contribution in [-0.4, -0.2) is 0 Å². The Kier molecular flexibility index (Phi) is 8.62. The van der Waals surface area contributed by atoms with E-state index in [-0.39, 0.29) is 0 Å². The number of nitriles is 1. The smallest absolute Gasteiger partial charge is 0.0944 e. The Labute approximate surface area is 101 Å². The highest BCUT2D eigenvalue weighted by atomic mass is 14.2. The van der Waals surface area contributed by atoms with Gasteiger partial charge < -0.3 is 0 Å². The quantitative estimate of drug-likeness (QED) is 0.436. The van der Waals surface area contributed by atoms with E-state index in [1.165, 1.54) is 37.7 Å². The van der Waals surface area contributed by atoms with Crippen LogP contribution in [0.4, 0.5) is 0 Å². The van der Waals surface area contributed by atoms with Gasteiger partial charge >= 0.3 is 0 Å². The SMILES string of the molecule is CCCCC(CC)C/C(C)=C\C=C(/C)C#N. The second-order valence-electron chi connectivity index (χ2n) is 4.60. The third kappa shape index (κ3) is 7.29. The summed E-state index contributed by atoms with van der Waals surface area (Å²) in [6, 6.07) is 2.14. The van der Waals surface area contributed by atoms with E-state index in [4.69, 9.17) is 5.26 Å². The summed E-state index contributed by atoms with van der Waals surface area (Å²) in [6.07, 6.45) is 10.4. The van der Waals surface area contributed by atoms with E-state index in [2.05, 4.69) is 32.9 Å². The van der Waals surface area contributed by atoms with Crippen molar-refractivity contribution in [3.8, 4) is 6.07 Å². The van der Waals surface area contributed by atoms with Crippen LogP contribution in [0.25, 0.3) is 0 Å². The molecule has 1 heteroatoms. The van der Waals surface area contributed by atoms with Crippen LogP contribution in [0, 0.1) is 17.2 Å². The minimum Gasteiger partial charge on any atom is -0.193 e. The number of unbranched alkanes of at least 4 members (excludes halogenated alkanes) is 1. The Hall–Kier alpha value is -1.03. The van der Waals surface area contributed by atoms with Gasteiger partial charge in [-0.25, -0.2) is 0 Å². The molecule has 0 aromatic carbocycles. The highest BCUT2D eigenvalue weighted by molar-refractivity contribution is 5.25. The van der Waals surface area contributed by atoms with E-state index < -0.39 is 0 Å². The molecular weight excluding hydrogens is 194 g/mol. The summed E-state index contributed by atoms with van der Waals surface area (Å²) in [4.78, 5) is 0. The van der Waals surface area contributed by atoms with Crippen molar-refractivity contribution >= 4 is 0 Å². The molecule has 90 valence electrons. The first kappa shape index (κ1) is 15.0. The predicted molar refractivity (Wildman–Crippen MR) is 71.1 cm³/mol. The zero-order chi connectivity index (χ0) is 12.4. The van der Waals surface area contributed by atoms with Crippen molar-refractivity contribution < 1.29 is 0 Å². The van der Waals surface area contributed by atoms with Crippen LogP contribution in [0.15, 0.2) is 23.3 Å². The predicted octanol–water partition coefficient (Wildman–Crippen LogP) is 5.01. The number of allylic oxidation sites excluding steroid dienone is 4. The van der Waals surface area contributed by atoms with Crippen LogP contribution in [-0.2, 0) is 0 Å². The average Bonchev–Trinajstić information content (AvgIpc) is 2.31. The van der Waals surface area contributed by atoms with Crippen molar-refractivity contribution in [1.29, 1.82) is 5.26 Å². The molecule has 1 unspecified atom stereocenters. The van der Waals surface area contributed by atoms with Crippen molar-refractivity contribution in [3.63, 3.8) is 0 Å². The van der Waals surface area contributed by atoms with Gasteiger partial charge in [0.15, 0.2) is 0 Å². The van der Waals surface area contributed by atoms with Crippen molar-refractivity contribution in [3.05, 3.63) is 23.3 Å². The third-order valence-corrected chi connectivity index (χ3v) is 2.95. The molecular formula is C15H25N. The van der Waals surface area contributed by atoms with Gasteiger partial charge in [0.2, 0.25) is 0 Å². The average molecular weight is 219 g/mol. The molecule has 0 aliphatic heterocycles. The van der Waals surface area contributed by atoms with Crippen LogP contribution in [0.3, 0.4) is 0 Å². The molecule has 0 aliphatic rings. The van der Waals surface area contributed by atoms with Gasteiger partial charge in [-0.05, 0) is 32.3 Å². The van der Waals surface area contributed by atoms with E-state index in [1.807, 2.05) is 13.0 Å². The third-order valence-electron chi connectivity index (χ3n) is 2.95. The Bertz CT molecular complexity index is 278. The summed E-state index contributed by atoms with van der Waals surface area (Å²) in [5, 5.41) is 8.64. The van der Waals surface area contributed by atoms with Crippen molar-refractivity contribution in [2.45, 2.75) is 59.8 Å². The Morgan fingerprint density at radius 3 is 2.44 bits per heavy atom. The summed E-state index contributed by atoms with van der Waals surface area (Å²) in [6.45, 7) is 8.52. The summed E-state index contributed by atoms with van der Waals surface area (Å²) < 4.78 is 0. The molecule has 0 N–H and O–H groups in total. The van der Waals surface area contributed by atoms with Crippen LogP contribution in [0.2, 0.25) is 0 Å². The largest absolute Gasteiger partial charge is 0.193 e. The summed E-state index contributed by atoms with van der Waals surface area (Å²) in [5.41, 5.74) is 2.17. The lowest BCUT2D eigenvalue weighted by molar-refractivity contribution is 0.448.